The number of carbonyl (C=O) groups excluding carboxylic acids is 1. The van der Waals surface area contributed by atoms with Gasteiger partial charge in [0.25, 0.3) is 0 Å². The zero-order valence-corrected chi connectivity index (χ0v) is 20.2. The van der Waals surface area contributed by atoms with E-state index in [9.17, 15) is 4.79 Å². The molecule has 0 saturated carbocycles. The summed E-state index contributed by atoms with van der Waals surface area (Å²) in [5.41, 5.74) is 8.99. The molecule has 0 atom stereocenters. The van der Waals surface area contributed by atoms with Crippen LogP contribution in [0.25, 0.3) is 10.2 Å². The Balaban J connectivity index is 1.44. The van der Waals surface area contributed by atoms with Crippen LogP contribution < -0.4 is 15.8 Å². The number of aromatic nitrogens is 2. The molecule has 2 aliphatic heterocycles. The average molecular weight is 480 g/mol. The fourth-order valence-corrected chi connectivity index (χ4v) is 6.06. The van der Waals surface area contributed by atoms with E-state index in [2.05, 4.69) is 27.2 Å². The molecule has 178 valence electrons. The van der Waals surface area contributed by atoms with Crippen molar-refractivity contribution < 1.29 is 9.53 Å². The average Bonchev–Trinajstić information content (AvgIpc) is 3.23. The number of hydrogen-bond acceptors (Lipinski definition) is 9. The van der Waals surface area contributed by atoms with Crippen molar-refractivity contribution in [3.8, 4) is 5.75 Å². The summed E-state index contributed by atoms with van der Waals surface area (Å²) < 4.78 is 5.50. The molecule has 1 amide bonds. The minimum atomic E-state index is 0.130. The first-order valence-corrected chi connectivity index (χ1v) is 12.3. The molecule has 4 heterocycles. The molecule has 2 aliphatic rings. The minimum Gasteiger partial charge on any atom is -0.494 e. The van der Waals surface area contributed by atoms with Crippen molar-refractivity contribution in [2.24, 2.45) is 5.92 Å². The SMILES string of the molecule is COc1cc(N)c(C=N)cc1Nc1ncnc2sc3c(c12)CCN(C(=O)C1CCN(C)CC1)C3. The number of thiophene rings is 1. The molecule has 4 N–H and O–H groups in total. The number of nitrogens with one attached hydrogen (secondary N) is 2. The predicted molar refractivity (Wildman–Crippen MR) is 135 cm³/mol. The van der Waals surface area contributed by atoms with Crippen LogP contribution in [0.5, 0.6) is 5.75 Å². The number of piperidine rings is 1. The van der Waals surface area contributed by atoms with Crippen LogP contribution in [0.15, 0.2) is 18.5 Å². The number of nitrogens with two attached hydrogens (primary N) is 1. The summed E-state index contributed by atoms with van der Waals surface area (Å²) in [6, 6.07) is 3.49. The molecule has 1 saturated heterocycles. The number of nitrogen functional groups attached to an aromatic ring is 1. The van der Waals surface area contributed by atoms with Gasteiger partial charge in [-0.3, -0.25) is 4.79 Å². The smallest absolute Gasteiger partial charge is 0.226 e. The largest absolute Gasteiger partial charge is 0.494 e. The van der Waals surface area contributed by atoms with Gasteiger partial charge >= 0.3 is 0 Å². The Hall–Kier alpha value is -3.24. The van der Waals surface area contributed by atoms with E-state index in [1.807, 2.05) is 4.90 Å². The second kappa shape index (κ2) is 9.19. The van der Waals surface area contributed by atoms with Gasteiger partial charge in [0.15, 0.2) is 0 Å². The lowest BCUT2D eigenvalue weighted by Gasteiger charge is -2.34. The molecule has 2 aromatic heterocycles. The third-order valence-corrected chi connectivity index (χ3v) is 7.95. The highest BCUT2D eigenvalue weighted by Gasteiger charge is 2.31. The molecule has 1 fully saturated rings. The first-order valence-electron chi connectivity index (χ1n) is 11.5. The number of rotatable bonds is 5. The zero-order valence-electron chi connectivity index (χ0n) is 19.4. The lowest BCUT2D eigenvalue weighted by atomic mass is 9.94. The normalized spacial score (nSPS) is 16.9. The van der Waals surface area contributed by atoms with Crippen LogP contribution >= 0.6 is 11.3 Å². The standard InChI is InChI=1S/C24H29N7O2S/c1-30-6-3-14(4-7-30)24(32)31-8-5-16-20(12-31)34-23-21(16)22(27-13-28-23)29-18-9-15(11-25)17(26)10-19(18)33-2/h9-11,13-14,25H,3-8,12,26H2,1-2H3,(H,27,28,29). The zero-order chi connectivity index (χ0) is 23.8. The van der Waals surface area contributed by atoms with Gasteiger partial charge in [-0.05, 0) is 51.0 Å². The topological polar surface area (TPSA) is 120 Å². The Labute approximate surface area is 202 Å². The second-order valence-electron chi connectivity index (χ2n) is 8.94. The van der Waals surface area contributed by atoms with Crippen molar-refractivity contribution in [3.05, 3.63) is 34.5 Å². The van der Waals surface area contributed by atoms with E-state index in [1.165, 1.54) is 16.7 Å². The van der Waals surface area contributed by atoms with E-state index in [-0.39, 0.29) is 11.8 Å². The highest BCUT2D eigenvalue weighted by atomic mass is 32.1. The number of methoxy groups -OCH3 is 1. The van der Waals surface area contributed by atoms with Crippen molar-refractivity contribution in [3.63, 3.8) is 0 Å². The quantitative estimate of drug-likeness (QED) is 0.379. The number of hydrogen-bond donors (Lipinski definition) is 3. The molecule has 0 spiro atoms. The monoisotopic (exact) mass is 479 g/mol. The first kappa shape index (κ1) is 22.5. The van der Waals surface area contributed by atoms with Crippen LogP contribution in [0.1, 0.15) is 28.8 Å². The summed E-state index contributed by atoms with van der Waals surface area (Å²) in [6.45, 7) is 3.31. The van der Waals surface area contributed by atoms with Crippen molar-refractivity contribution >= 4 is 50.9 Å². The highest BCUT2D eigenvalue weighted by molar-refractivity contribution is 7.19. The van der Waals surface area contributed by atoms with Crippen LogP contribution in [0.2, 0.25) is 0 Å². The number of anilines is 3. The summed E-state index contributed by atoms with van der Waals surface area (Å²) >= 11 is 1.63. The van der Waals surface area contributed by atoms with Gasteiger partial charge in [0.2, 0.25) is 5.91 Å². The molecule has 3 aromatic rings. The number of ether oxygens (including phenoxy) is 1. The Kier molecular flexibility index (Phi) is 6.09. The molecule has 5 rings (SSSR count). The number of amides is 1. The molecule has 0 aliphatic carbocycles. The van der Waals surface area contributed by atoms with E-state index in [4.69, 9.17) is 15.9 Å². The molecule has 1 aromatic carbocycles. The number of carbonyl (C=O) groups is 1. The van der Waals surface area contributed by atoms with Gasteiger partial charge in [-0.1, -0.05) is 0 Å². The van der Waals surface area contributed by atoms with Gasteiger partial charge in [0.05, 0.1) is 24.7 Å². The third kappa shape index (κ3) is 4.07. The van der Waals surface area contributed by atoms with Gasteiger partial charge in [0.1, 0.15) is 22.7 Å². The fraction of sp³-hybridized carbons (Fsp3) is 0.417. The predicted octanol–water partition coefficient (Wildman–Crippen LogP) is 3.25. The van der Waals surface area contributed by atoms with Crippen LogP contribution in [0.4, 0.5) is 17.2 Å². The number of benzene rings is 1. The molecule has 10 heteroatoms. The van der Waals surface area contributed by atoms with Crippen LogP contribution in [0, 0.1) is 11.3 Å². The highest BCUT2D eigenvalue weighted by Crippen LogP contribution is 2.40. The summed E-state index contributed by atoms with van der Waals surface area (Å²) in [5, 5.41) is 12.0. The van der Waals surface area contributed by atoms with E-state index < -0.39 is 0 Å². The second-order valence-corrected chi connectivity index (χ2v) is 10.0. The van der Waals surface area contributed by atoms with Crippen molar-refractivity contribution in [1.29, 1.82) is 5.41 Å². The number of likely N-dealkylation sites (tertiary alicyclic amines) is 1. The number of nitrogens with zero attached hydrogens (tertiary/aromatic N) is 4. The summed E-state index contributed by atoms with van der Waals surface area (Å²) in [6.07, 6.45) is 5.42. The third-order valence-electron chi connectivity index (χ3n) is 6.83. The molecule has 0 radical (unpaired) electrons. The minimum absolute atomic E-state index is 0.130. The Bertz CT molecular complexity index is 1250. The Morgan fingerprint density at radius 1 is 1.29 bits per heavy atom. The van der Waals surface area contributed by atoms with Crippen LogP contribution in [-0.2, 0) is 17.8 Å². The summed E-state index contributed by atoms with van der Waals surface area (Å²) in [7, 11) is 3.70. The van der Waals surface area contributed by atoms with Crippen LogP contribution in [-0.4, -0.2) is 65.7 Å². The molecule has 9 nitrogen and oxygen atoms in total. The summed E-state index contributed by atoms with van der Waals surface area (Å²) in [4.78, 5) is 28.6. The number of fused-ring (bicyclic) bond motifs is 3. The fourth-order valence-electron chi connectivity index (χ4n) is 4.86. The maximum Gasteiger partial charge on any atom is 0.226 e. The van der Waals surface area contributed by atoms with Gasteiger partial charge in [0, 0.05) is 40.9 Å². The molecular formula is C24H29N7O2S. The molecule has 34 heavy (non-hydrogen) atoms. The van der Waals surface area contributed by atoms with E-state index in [1.54, 1.807) is 36.9 Å². The maximum absolute atomic E-state index is 13.2. The lowest BCUT2D eigenvalue weighted by Crippen LogP contribution is -2.43. The van der Waals surface area contributed by atoms with Gasteiger partial charge in [-0.15, -0.1) is 11.3 Å². The Morgan fingerprint density at radius 2 is 2.09 bits per heavy atom. The van der Waals surface area contributed by atoms with E-state index in [0.29, 0.717) is 41.6 Å². The van der Waals surface area contributed by atoms with Crippen molar-refractivity contribution in [1.82, 2.24) is 19.8 Å². The van der Waals surface area contributed by atoms with Crippen LogP contribution in [0.3, 0.4) is 0 Å². The maximum atomic E-state index is 13.2. The van der Waals surface area contributed by atoms with E-state index >= 15 is 0 Å². The van der Waals surface area contributed by atoms with Gasteiger partial charge in [-0.25, -0.2) is 9.97 Å². The molecule has 0 bridgehead atoms. The van der Waals surface area contributed by atoms with Gasteiger partial charge in [-0.2, -0.15) is 0 Å². The van der Waals surface area contributed by atoms with E-state index in [0.717, 1.165) is 42.6 Å². The molecular weight excluding hydrogens is 450 g/mol. The first-order chi connectivity index (χ1) is 16.5. The van der Waals surface area contributed by atoms with Crippen molar-refractivity contribution in [2.75, 3.05) is 44.8 Å². The lowest BCUT2D eigenvalue weighted by molar-refractivity contribution is -0.137. The molecule has 0 unspecified atom stereocenters. The van der Waals surface area contributed by atoms with Crippen molar-refractivity contribution in [2.45, 2.75) is 25.8 Å². The Morgan fingerprint density at radius 3 is 2.82 bits per heavy atom. The summed E-state index contributed by atoms with van der Waals surface area (Å²) in [5.74, 6) is 1.68. The van der Waals surface area contributed by atoms with Gasteiger partial charge < -0.3 is 31.0 Å².